The summed E-state index contributed by atoms with van der Waals surface area (Å²) in [5.41, 5.74) is 1.25. The van der Waals surface area contributed by atoms with Gasteiger partial charge in [-0.05, 0) is 107 Å². The number of Topliss-reactive ketones (excluding diaryl/α,β-unsaturated/α-hetero) is 3. The van der Waals surface area contributed by atoms with Crippen molar-refractivity contribution in [3.8, 4) is 0 Å². The Labute approximate surface area is 411 Å². The molecule has 0 aromatic heterocycles. The van der Waals surface area contributed by atoms with Crippen molar-refractivity contribution < 1.29 is 67.0 Å². The first-order chi connectivity index (χ1) is 32.4. The molecule has 69 heavy (non-hydrogen) atoms. The van der Waals surface area contributed by atoms with Crippen LogP contribution in [0.15, 0.2) is 47.6 Å². The number of carbonyl (C=O) groups excluding carboxylic acids is 5. The van der Waals surface area contributed by atoms with Crippen molar-refractivity contribution in [2.75, 3.05) is 41.2 Å². The monoisotopic (exact) mass is 990 g/mol. The normalized spacial score (nSPS) is 39.0. The highest BCUT2D eigenvalue weighted by Gasteiger charge is 2.53. The number of esters is 1. The molecule has 16 heteroatoms. The molecule has 1 aliphatic carbocycles. The molecule has 1 saturated carbocycles. The van der Waals surface area contributed by atoms with E-state index in [0.717, 1.165) is 12.0 Å². The Balaban J connectivity index is 1.70. The number of cyclic esters (lactones) is 1. The maximum Gasteiger partial charge on any atom is 0.329 e. The summed E-state index contributed by atoms with van der Waals surface area (Å²) in [5.74, 6) is -8.11. The number of aliphatic hydroxyl groups excluding tert-OH is 1. The molecule has 3 fully saturated rings. The van der Waals surface area contributed by atoms with Crippen LogP contribution in [0.25, 0.3) is 0 Å². The first-order valence-corrected chi connectivity index (χ1v) is 27.7. The van der Waals surface area contributed by atoms with E-state index in [1.165, 1.54) is 12.0 Å². The van der Waals surface area contributed by atoms with E-state index in [1.807, 2.05) is 58.1 Å². The number of carbonyl (C=O) groups is 5. The van der Waals surface area contributed by atoms with E-state index in [4.69, 9.17) is 28.2 Å². The molecule has 0 spiro atoms. The van der Waals surface area contributed by atoms with Crippen molar-refractivity contribution in [1.29, 1.82) is 0 Å². The van der Waals surface area contributed by atoms with Gasteiger partial charge >= 0.3 is 5.97 Å². The number of allylic oxidation sites excluding steroid dienone is 6. The van der Waals surface area contributed by atoms with Crippen LogP contribution in [-0.2, 0) is 56.7 Å². The quantitative estimate of drug-likeness (QED) is 0.104. The van der Waals surface area contributed by atoms with Gasteiger partial charge < -0.3 is 43.3 Å². The number of amides is 1. The van der Waals surface area contributed by atoms with Crippen LogP contribution >= 0.6 is 7.37 Å². The van der Waals surface area contributed by atoms with Crippen LogP contribution in [0, 0.1) is 35.5 Å². The van der Waals surface area contributed by atoms with Gasteiger partial charge in [0, 0.05) is 71.8 Å². The maximum atomic E-state index is 14.5. The van der Waals surface area contributed by atoms with Gasteiger partial charge in [0.25, 0.3) is 11.7 Å². The number of ether oxygens (including phenoxy) is 5. The molecule has 390 valence electrons. The number of ketones is 3. The van der Waals surface area contributed by atoms with E-state index in [-0.39, 0.29) is 60.9 Å². The lowest BCUT2D eigenvalue weighted by molar-refractivity contribution is -0.265. The lowest BCUT2D eigenvalue weighted by Crippen LogP contribution is -2.61. The first-order valence-electron chi connectivity index (χ1n) is 25.2. The summed E-state index contributed by atoms with van der Waals surface area (Å²) in [4.78, 5) is 72.2. The van der Waals surface area contributed by atoms with Gasteiger partial charge in [-0.15, -0.1) is 0 Å². The molecule has 0 radical (unpaired) electrons. The highest BCUT2D eigenvalue weighted by atomic mass is 31.2. The van der Waals surface area contributed by atoms with Crippen molar-refractivity contribution in [1.82, 2.24) is 4.90 Å². The predicted molar refractivity (Wildman–Crippen MR) is 263 cm³/mol. The molecule has 2 N–H and O–H groups in total. The molecule has 15 atom stereocenters. The van der Waals surface area contributed by atoms with Crippen LogP contribution in [0.2, 0.25) is 0 Å². The van der Waals surface area contributed by atoms with E-state index in [2.05, 4.69) is 0 Å². The minimum atomic E-state index is -2.79. The topological polar surface area (TPSA) is 201 Å². The van der Waals surface area contributed by atoms with E-state index in [0.29, 0.717) is 63.4 Å². The van der Waals surface area contributed by atoms with Crippen LogP contribution < -0.4 is 0 Å². The van der Waals surface area contributed by atoms with Gasteiger partial charge in [-0.25, -0.2) is 4.79 Å². The van der Waals surface area contributed by atoms with Crippen molar-refractivity contribution in [2.45, 2.75) is 180 Å². The Morgan fingerprint density at radius 1 is 0.855 bits per heavy atom. The third-order valence-electron chi connectivity index (χ3n) is 14.8. The van der Waals surface area contributed by atoms with Crippen molar-refractivity contribution >= 4 is 36.6 Å². The molecule has 3 heterocycles. The summed E-state index contributed by atoms with van der Waals surface area (Å²) >= 11 is 0. The number of aliphatic hydroxyl groups is 2. The molecule has 1 amide bonds. The zero-order valence-electron chi connectivity index (χ0n) is 43.4. The minimum Gasteiger partial charge on any atom is -0.460 e. The molecule has 4 aliphatic rings. The summed E-state index contributed by atoms with van der Waals surface area (Å²) in [6, 6.07) is -1.16. The Bertz CT molecular complexity index is 1940. The van der Waals surface area contributed by atoms with E-state index in [1.54, 1.807) is 54.4 Å². The SMILES string of the molecule is CO[C@H]1CC2CC[C@@H](C)[C@@](O)(O2)C(=O)C(=O)N2CCCCC2C(=O)O[C@H]([C@H](C)C[C@@H]2CC[C@@H](OP(C)(C)=O)[C@H](OC)C2)CC(=O)[C@H](C)/C=C(\C)[C@@H](O)[C@@H](OC)C(=O)[C@H](C)C[C@H](C)/C=C/C=C/C=C/1C. The lowest BCUT2D eigenvalue weighted by Gasteiger charge is -2.42. The fourth-order valence-corrected chi connectivity index (χ4v) is 11.4. The van der Waals surface area contributed by atoms with Gasteiger partial charge in [0.2, 0.25) is 5.79 Å². The molecule has 2 unspecified atom stereocenters. The summed E-state index contributed by atoms with van der Waals surface area (Å²) in [6.07, 6.45) is 11.4. The smallest absolute Gasteiger partial charge is 0.329 e. The number of piperidine rings is 1. The van der Waals surface area contributed by atoms with Gasteiger partial charge in [-0.3, -0.25) is 23.7 Å². The van der Waals surface area contributed by atoms with Crippen molar-refractivity contribution in [2.24, 2.45) is 35.5 Å². The van der Waals surface area contributed by atoms with Gasteiger partial charge in [-0.1, -0.05) is 71.1 Å². The lowest BCUT2D eigenvalue weighted by atomic mass is 9.78. The summed E-state index contributed by atoms with van der Waals surface area (Å²) in [7, 11) is 1.76. The first kappa shape index (κ1) is 58.4. The van der Waals surface area contributed by atoms with E-state index >= 15 is 0 Å². The minimum absolute atomic E-state index is 0.0117. The standard InChI is InChI=1S/C53H84NO14P/c1-32-18-14-13-15-19-33(2)44(63-8)30-40-23-21-38(7)53(61,67-40)50(58)51(59)54-25-17-16-20-41(54)52(60)66-45(35(4)28-39-22-24-43(46(29-39)64-9)68-69(11,12)62)31-42(55)34(3)27-37(6)48(57)49(65-10)47(56)36(5)26-32/h13-15,18-19,27,32,34-36,38-41,43-46,48-49,57,61H,16-17,20-26,28-31H2,1-12H3/b15-13+,18-14+,33-19+,37-27+/t32-,34-,35-,36-,38-,39+,40?,41?,43-,44+,45+,46-,48-,49+,53-/m1/s1. The Kier molecular flexibility index (Phi) is 22.5. The number of methoxy groups -OCH3 is 3. The molecular weight excluding hydrogens is 906 g/mol. The largest absolute Gasteiger partial charge is 0.460 e. The van der Waals surface area contributed by atoms with Gasteiger partial charge in [0.15, 0.2) is 13.2 Å². The number of nitrogens with zero attached hydrogens (tertiary/aromatic N) is 1. The average molecular weight is 990 g/mol. The van der Waals surface area contributed by atoms with Crippen molar-refractivity contribution in [3.05, 3.63) is 47.6 Å². The second kappa shape index (κ2) is 26.5. The second-order valence-corrected chi connectivity index (χ2v) is 23.6. The maximum absolute atomic E-state index is 14.5. The fourth-order valence-electron chi connectivity index (χ4n) is 10.5. The summed E-state index contributed by atoms with van der Waals surface area (Å²) in [6.45, 7) is 15.9. The molecule has 4 rings (SSSR count). The Hall–Kier alpha value is -3.14. The van der Waals surface area contributed by atoms with Crippen molar-refractivity contribution in [3.63, 3.8) is 0 Å². The number of hydrogen-bond donors (Lipinski definition) is 2. The highest BCUT2D eigenvalue weighted by Crippen LogP contribution is 2.45. The van der Waals surface area contributed by atoms with Gasteiger partial charge in [0.1, 0.15) is 30.1 Å². The number of hydrogen-bond acceptors (Lipinski definition) is 14. The molecule has 15 nitrogen and oxygen atoms in total. The predicted octanol–water partition coefficient (Wildman–Crippen LogP) is 7.74. The van der Waals surface area contributed by atoms with E-state index < -0.39 is 85.1 Å². The molecular formula is C53H84NO14P. The highest BCUT2D eigenvalue weighted by molar-refractivity contribution is 7.57. The molecule has 3 aliphatic heterocycles. The summed E-state index contributed by atoms with van der Waals surface area (Å²) in [5, 5.41) is 23.5. The van der Waals surface area contributed by atoms with Crippen LogP contribution in [0.4, 0.5) is 0 Å². The van der Waals surface area contributed by atoms with Gasteiger partial charge in [0.05, 0.1) is 24.4 Å². The van der Waals surface area contributed by atoms with Crippen LogP contribution in [0.5, 0.6) is 0 Å². The van der Waals surface area contributed by atoms with Crippen LogP contribution in [0.3, 0.4) is 0 Å². The average Bonchev–Trinajstić information content (AvgIpc) is 3.30. The zero-order chi connectivity index (χ0) is 51.4. The van der Waals surface area contributed by atoms with E-state index in [9.17, 15) is 38.8 Å². The molecule has 0 aromatic rings. The molecule has 2 saturated heterocycles. The number of rotatable bonds is 8. The zero-order valence-corrected chi connectivity index (χ0v) is 44.3. The molecule has 0 aromatic carbocycles. The third-order valence-corrected chi connectivity index (χ3v) is 15.6. The third kappa shape index (κ3) is 16.2. The Morgan fingerprint density at radius 2 is 1.57 bits per heavy atom. The molecule has 2 bridgehead atoms. The van der Waals surface area contributed by atoms with Crippen LogP contribution in [0.1, 0.15) is 126 Å². The van der Waals surface area contributed by atoms with Gasteiger partial charge in [-0.2, -0.15) is 0 Å². The Morgan fingerprint density at radius 3 is 2.22 bits per heavy atom. The fraction of sp³-hybridized carbons (Fsp3) is 0.755. The second-order valence-electron chi connectivity index (χ2n) is 20.9. The number of fused-ring (bicyclic) bond motifs is 3. The summed E-state index contributed by atoms with van der Waals surface area (Å²) < 4.78 is 48.2. The van der Waals surface area contributed by atoms with Crippen LogP contribution in [-0.4, -0.2) is 140 Å².